The van der Waals surface area contributed by atoms with Crippen molar-refractivity contribution in [1.82, 2.24) is 4.90 Å². The zero-order chi connectivity index (χ0) is 8.57. The van der Waals surface area contributed by atoms with Crippen LogP contribution in [0.1, 0.15) is 20.8 Å². The van der Waals surface area contributed by atoms with Crippen LogP contribution in [0.25, 0.3) is 0 Å². The molecule has 0 bridgehead atoms. The van der Waals surface area contributed by atoms with Crippen LogP contribution in [0.3, 0.4) is 0 Å². The standard InChI is InChI=1S/C6H12N2.C2H6/c1-5-8(4)6(2)7-3;1-2/h5H,1H2,2-4H3;1-2H3. The molecule has 0 radical (unpaired) electrons. The van der Waals surface area contributed by atoms with Crippen LogP contribution in [-0.4, -0.2) is 24.8 Å². The Labute approximate surface area is 64.3 Å². The Hall–Kier alpha value is -0.790. The van der Waals surface area contributed by atoms with Gasteiger partial charge in [-0.25, -0.2) is 0 Å². The van der Waals surface area contributed by atoms with Crippen LogP contribution < -0.4 is 0 Å². The monoisotopic (exact) mass is 142 g/mol. The first kappa shape index (κ1) is 11.9. The van der Waals surface area contributed by atoms with E-state index < -0.39 is 0 Å². The van der Waals surface area contributed by atoms with Gasteiger partial charge in [-0.15, -0.1) is 0 Å². The van der Waals surface area contributed by atoms with Gasteiger partial charge in [0, 0.05) is 14.1 Å². The molecule has 0 heterocycles. The highest BCUT2D eigenvalue weighted by Gasteiger charge is 1.88. The maximum absolute atomic E-state index is 3.93. The predicted octanol–water partition coefficient (Wildman–Crippen LogP) is 2.14. The van der Waals surface area contributed by atoms with E-state index in [2.05, 4.69) is 11.6 Å². The van der Waals surface area contributed by atoms with Crippen molar-refractivity contribution in [3.8, 4) is 0 Å². The number of rotatable bonds is 1. The summed E-state index contributed by atoms with van der Waals surface area (Å²) in [7, 11) is 3.67. The minimum atomic E-state index is 0.972. The second-order valence-electron chi connectivity index (χ2n) is 1.56. The van der Waals surface area contributed by atoms with Gasteiger partial charge < -0.3 is 4.90 Å². The third kappa shape index (κ3) is 5.35. The fraction of sp³-hybridized carbons (Fsp3) is 0.625. The first-order valence-corrected chi connectivity index (χ1v) is 3.51. The molecule has 0 atom stereocenters. The Morgan fingerprint density at radius 2 is 1.90 bits per heavy atom. The molecule has 0 aromatic carbocycles. The van der Waals surface area contributed by atoms with E-state index in [1.807, 2.05) is 32.7 Å². The van der Waals surface area contributed by atoms with Gasteiger partial charge in [-0.05, 0) is 13.1 Å². The maximum Gasteiger partial charge on any atom is 0.0990 e. The molecule has 2 heteroatoms. The zero-order valence-electron chi connectivity index (χ0n) is 7.68. The summed E-state index contributed by atoms with van der Waals surface area (Å²) in [5.41, 5.74) is 0. The van der Waals surface area contributed by atoms with Crippen LogP contribution >= 0.6 is 0 Å². The summed E-state index contributed by atoms with van der Waals surface area (Å²) < 4.78 is 0. The van der Waals surface area contributed by atoms with Gasteiger partial charge in [0.15, 0.2) is 0 Å². The molecule has 0 saturated carbocycles. The van der Waals surface area contributed by atoms with E-state index in [9.17, 15) is 0 Å². The van der Waals surface area contributed by atoms with Crippen molar-refractivity contribution in [1.29, 1.82) is 0 Å². The van der Waals surface area contributed by atoms with Gasteiger partial charge in [-0.2, -0.15) is 0 Å². The number of hydrogen-bond acceptors (Lipinski definition) is 1. The highest BCUT2D eigenvalue weighted by molar-refractivity contribution is 5.80. The summed E-state index contributed by atoms with van der Waals surface area (Å²) in [6, 6.07) is 0. The van der Waals surface area contributed by atoms with E-state index in [0.29, 0.717) is 0 Å². The van der Waals surface area contributed by atoms with Crippen LogP contribution in [0.5, 0.6) is 0 Å². The lowest BCUT2D eigenvalue weighted by Crippen LogP contribution is -2.16. The van der Waals surface area contributed by atoms with Gasteiger partial charge in [0.2, 0.25) is 0 Å². The third-order valence-corrected chi connectivity index (χ3v) is 1.11. The quantitative estimate of drug-likeness (QED) is 0.404. The van der Waals surface area contributed by atoms with Gasteiger partial charge in [-0.3, -0.25) is 4.99 Å². The number of amidine groups is 1. The molecule has 0 fully saturated rings. The van der Waals surface area contributed by atoms with Gasteiger partial charge in [0.25, 0.3) is 0 Å². The molecule has 0 spiro atoms. The van der Waals surface area contributed by atoms with Crippen molar-refractivity contribution >= 4 is 5.84 Å². The lowest BCUT2D eigenvalue weighted by molar-refractivity contribution is 0.684. The van der Waals surface area contributed by atoms with Crippen molar-refractivity contribution in [3.63, 3.8) is 0 Å². The van der Waals surface area contributed by atoms with E-state index >= 15 is 0 Å². The molecule has 0 saturated heterocycles. The van der Waals surface area contributed by atoms with Crippen molar-refractivity contribution in [3.05, 3.63) is 12.8 Å². The molecular weight excluding hydrogens is 124 g/mol. The van der Waals surface area contributed by atoms with E-state index in [-0.39, 0.29) is 0 Å². The number of nitrogens with zero attached hydrogens (tertiary/aromatic N) is 2. The normalized spacial score (nSPS) is 9.50. The zero-order valence-corrected chi connectivity index (χ0v) is 7.68. The van der Waals surface area contributed by atoms with Crippen molar-refractivity contribution < 1.29 is 0 Å². The summed E-state index contributed by atoms with van der Waals surface area (Å²) in [6.07, 6.45) is 1.72. The molecule has 0 aliphatic heterocycles. The summed E-state index contributed by atoms with van der Waals surface area (Å²) in [4.78, 5) is 5.79. The van der Waals surface area contributed by atoms with E-state index in [4.69, 9.17) is 0 Å². The first-order valence-electron chi connectivity index (χ1n) is 3.51. The van der Waals surface area contributed by atoms with Gasteiger partial charge >= 0.3 is 0 Å². The number of aliphatic imine (C=N–C) groups is 1. The van der Waals surface area contributed by atoms with Gasteiger partial charge in [0.1, 0.15) is 0 Å². The molecule has 0 aromatic heterocycles. The van der Waals surface area contributed by atoms with Crippen LogP contribution in [0.15, 0.2) is 17.8 Å². The second-order valence-corrected chi connectivity index (χ2v) is 1.56. The minimum Gasteiger partial charge on any atom is -0.341 e. The second kappa shape index (κ2) is 8.21. The predicted molar refractivity (Wildman–Crippen MR) is 48.3 cm³/mol. The third-order valence-electron chi connectivity index (χ3n) is 1.11. The van der Waals surface area contributed by atoms with E-state index in [1.165, 1.54) is 0 Å². The Kier molecular flexibility index (Phi) is 9.80. The van der Waals surface area contributed by atoms with Crippen LogP contribution in [0, 0.1) is 0 Å². The largest absolute Gasteiger partial charge is 0.341 e. The molecule has 0 N–H and O–H groups in total. The Morgan fingerprint density at radius 1 is 1.50 bits per heavy atom. The molecule has 0 unspecified atom stereocenters. The minimum absolute atomic E-state index is 0.972. The van der Waals surface area contributed by atoms with Gasteiger partial charge in [0.05, 0.1) is 5.84 Å². The fourth-order valence-electron chi connectivity index (χ4n) is 0.290. The Bertz CT molecular complexity index is 106. The lowest BCUT2D eigenvalue weighted by Gasteiger charge is -2.10. The van der Waals surface area contributed by atoms with Crippen LogP contribution in [-0.2, 0) is 0 Å². The Balaban J connectivity index is 0. The molecular formula is C8H18N2. The molecule has 0 aliphatic rings. The highest BCUT2D eigenvalue weighted by atomic mass is 15.1. The first-order chi connectivity index (χ1) is 4.72. The van der Waals surface area contributed by atoms with Crippen molar-refractivity contribution in [2.24, 2.45) is 4.99 Å². The molecule has 0 amide bonds. The average Bonchev–Trinajstić information content (AvgIpc) is 2.05. The molecule has 10 heavy (non-hydrogen) atoms. The lowest BCUT2D eigenvalue weighted by atomic mass is 10.6. The van der Waals surface area contributed by atoms with Crippen LogP contribution in [0.4, 0.5) is 0 Å². The SMILES string of the molecule is C=CN(C)C(C)=NC.CC. The summed E-state index contributed by atoms with van der Waals surface area (Å²) in [6.45, 7) is 9.51. The topological polar surface area (TPSA) is 15.6 Å². The molecule has 0 aliphatic carbocycles. The maximum atomic E-state index is 3.93. The molecule has 60 valence electrons. The summed E-state index contributed by atoms with van der Waals surface area (Å²) in [5, 5.41) is 0. The van der Waals surface area contributed by atoms with Gasteiger partial charge in [-0.1, -0.05) is 20.4 Å². The van der Waals surface area contributed by atoms with Crippen LogP contribution in [0.2, 0.25) is 0 Å². The van der Waals surface area contributed by atoms with E-state index in [0.717, 1.165) is 5.84 Å². The van der Waals surface area contributed by atoms with Crippen molar-refractivity contribution in [2.45, 2.75) is 20.8 Å². The van der Waals surface area contributed by atoms with E-state index in [1.54, 1.807) is 13.2 Å². The highest BCUT2D eigenvalue weighted by Crippen LogP contribution is 1.83. The average molecular weight is 142 g/mol. The molecule has 0 rings (SSSR count). The molecule has 2 nitrogen and oxygen atoms in total. The summed E-state index contributed by atoms with van der Waals surface area (Å²) >= 11 is 0. The number of hydrogen-bond donors (Lipinski definition) is 0. The smallest absolute Gasteiger partial charge is 0.0990 e. The van der Waals surface area contributed by atoms with Crippen molar-refractivity contribution in [2.75, 3.05) is 14.1 Å². The molecule has 0 aromatic rings. The fourth-order valence-corrected chi connectivity index (χ4v) is 0.290. The summed E-state index contributed by atoms with van der Waals surface area (Å²) in [5.74, 6) is 0.972. The Morgan fingerprint density at radius 3 is 2.00 bits per heavy atom.